The molecule has 0 aromatic carbocycles. The van der Waals surface area contributed by atoms with Crippen molar-refractivity contribution < 1.29 is 9.53 Å². The summed E-state index contributed by atoms with van der Waals surface area (Å²) >= 11 is 0. The Hall–Kier alpha value is -1.47. The zero-order chi connectivity index (χ0) is 15.4. The van der Waals surface area contributed by atoms with Gasteiger partial charge in [-0.1, -0.05) is 0 Å². The largest absolute Gasteiger partial charge is 0.373 e. The molecule has 2 rings (SSSR count). The molecular weight excluding hydrogens is 270 g/mol. The van der Waals surface area contributed by atoms with Gasteiger partial charge in [-0.25, -0.2) is 9.67 Å². The fourth-order valence-electron chi connectivity index (χ4n) is 2.64. The molecule has 1 amide bonds. The first-order valence-corrected chi connectivity index (χ1v) is 7.48. The summed E-state index contributed by atoms with van der Waals surface area (Å²) in [6, 6.07) is -0.0621. The molecule has 0 radical (unpaired) electrons. The predicted molar refractivity (Wildman–Crippen MR) is 78.8 cm³/mol. The first kappa shape index (κ1) is 15.9. The Morgan fingerprint density at radius 2 is 2.05 bits per heavy atom. The van der Waals surface area contributed by atoms with Gasteiger partial charge in [-0.05, 0) is 27.7 Å². The zero-order valence-corrected chi connectivity index (χ0v) is 13.2. The monoisotopic (exact) mass is 295 g/mol. The van der Waals surface area contributed by atoms with E-state index in [1.165, 1.54) is 6.33 Å². The van der Waals surface area contributed by atoms with Crippen LogP contribution >= 0.6 is 0 Å². The van der Waals surface area contributed by atoms with Crippen molar-refractivity contribution in [2.45, 2.75) is 52.0 Å². The van der Waals surface area contributed by atoms with E-state index >= 15 is 0 Å². The second kappa shape index (κ2) is 7.00. The Morgan fingerprint density at radius 1 is 1.38 bits per heavy atom. The van der Waals surface area contributed by atoms with Gasteiger partial charge in [-0.15, -0.1) is 0 Å². The fourth-order valence-corrected chi connectivity index (χ4v) is 2.64. The number of hydrogen-bond acceptors (Lipinski definition) is 5. The van der Waals surface area contributed by atoms with E-state index in [9.17, 15) is 4.79 Å². The maximum Gasteiger partial charge on any atom is 0.244 e. The maximum atomic E-state index is 12.1. The normalized spacial score (nSPS) is 26.3. The number of nitrogens with zero attached hydrogens (tertiary/aromatic N) is 4. The quantitative estimate of drug-likeness (QED) is 0.854. The van der Waals surface area contributed by atoms with E-state index in [4.69, 9.17) is 4.74 Å². The number of aromatic nitrogens is 3. The Labute approximate surface area is 125 Å². The van der Waals surface area contributed by atoms with Gasteiger partial charge in [0.2, 0.25) is 5.91 Å². The average Bonchev–Trinajstić information content (AvgIpc) is 2.96. The van der Waals surface area contributed by atoms with Crippen molar-refractivity contribution in [3.63, 3.8) is 0 Å². The molecule has 1 aliphatic rings. The van der Waals surface area contributed by atoms with E-state index in [0.29, 0.717) is 6.54 Å². The zero-order valence-electron chi connectivity index (χ0n) is 13.2. The van der Waals surface area contributed by atoms with Gasteiger partial charge >= 0.3 is 0 Å². The van der Waals surface area contributed by atoms with Crippen LogP contribution in [0.5, 0.6) is 0 Å². The van der Waals surface area contributed by atoms with E-state index in [2.05, 4.69) is 41.1 Å². The highest BCUT2D eigenvalue weighted by Crippen LogP contribution is 2.13. The standard InChI is InChI=1S/C14H25N5O2/c1-10(18-6-11(2)21-12(3)7-18)5-16-14(20)13(4)19-9-15-8-17-19/h8-13H,5-7H2,1-4H3,(H,16,20)/t10-,11-,12+,13+/m1/s1. The van der Waals surface area contributed by atoms with Gasteiger partial charge in [0.05, 0.1) is 12.2 Å². The van der Waals surface area contributed by atoms with E-state index < -0.39 is 0 Å². The van der Waals surface area contributed by atoms with Gasteiger partial charge in [-0.2, -0.15) is 5.10 Å². The fraction of sp³-hybridized carbons (Fsp3) is 0.786. The van der Waals surface area contributed by atoms with Crippen LogP contribution in [0.4, 0.5) is 0 Å². The second-order valence-electron chi connectivity index (χ2n) is 5.86. The number of carbonyl (C=O) groups is 1. The van der Waals surface area contributed by atoms with Gasteiger partial charge in [-0.3, -0.25) is 9.69 Å². The molecule has 0 bridgehead atoms. The van der Waals surface area contributed by atoms with Crippen molar-refractivity contribution in [3.8, 4) is 0 Å². The molecule has 7 heteroatoms. The molecular formula is C14H25N5O2. The third kappa shape index (κ3) is 4.25. The van der Waals surface area contributed by atoms with Crippen LogP contribution < -0.4 is 5.32 Å². The molecule has 4 atom stereocenters. The highest BCUT2D eigenvalue weighted by molar-refractivity contribution is 5.79. The Kier molecular flexibility index (Phi) is 5.30. The number of ether oxygens (including phenoxy) is 1. The molecule has 0 aliphatic carbocycles. The lowest BCUT2D eigenvalue weighted by Gasteiger charge is -2.39. The predicted octanol–water partition coefficient (Wildman–Crippen LogP) is 0.453. The van der Waals surface area contributed by atoms with Crippen LogP contribution in [0.2, 0.25) is 0 Å². The SMILES string of the molecule is C[C@@H]1CN([C@H](C)CNC(=O)[C@H](C)n2cncn2)C[C@H](C)O1. The molecule has 2 heterocycles. The summed E-state index contributed by atoms with van der Waals surface area (Å²) in [6.45, 7) is 10.5. The Bertz CT molecular complexity index is 440. The van der Waals surface area contributed by atoms with Crippen molar-refractivity contribution in [3.05, 3.63) is 12.7 Å². The molecule has 0 saturated carbocycles. The molecule has 0 spiro atoms. The van der Waals surface area contributed by atoms with Crippen LogP contribution in [0, 0.1) is 0 Å². The summed E-state index contributed by atoms with van der Waals surface area (Å²) in [5.74, 6) is -0.0401. The van der Waals surface area contributed by atoms with Gasteiger partial charge in [0, 0.05) is 25.7 Å². The van der Waals surface area contributed by atoms with Crippen LogP contribution in [0.25, 0.3) is 0 Å². The molecule has 1 aromatic heterocycles. The number of morpholine rings is 1. The maximum absolute atomic E-state index is 12.1. The van der Waals surface area contributed by atoms with Crippen LogP contribution in [-0.4, -0.2) is 63.5 Å². The molecule has 1 aliphatic heterocycles. The first-order valence-electron chi connectivity index (χ1n) is 7.48. The van der Waals surface area contributed by atoms with Gasteiger partial charge < -0.3 is 10.1 Å². The van der Waals surface area contributed by atoms with Crippen molar-refractivity contribution >= 4 is 5.91 Å². The van der Waals surface area contributed by atoms with Crippen LogP contribution in [0.3, 0.4) is 0 Å². The van der Waals surface area contributed by atoms with Gasteiger partial charge in [0.25, 0.3) is 0 Å². The number of carbonyl (C=O) groups excluding carboxylic acids is 1. The van der Waals surface area contributed by atoms with Gasteiger partial charge in [0.15, 0.2) is 0 Å². The average molecular weight is 295 g/mol. The van der Waals surface area contributed by atoms with Crippen molar-refractivity contribution in [1.82, 2.24) is 25.0 Å². The summed E-state index contributed by atoms with van der Waals surface area (Å²) in [4.78, 5) is 18.3. The molecule has 1 saturated heterocycles. The molecule has 21 heavy (non-hydrogen) atoms. The molecule has 7 nitrogen and oxygen atoms in total. The lowest BCUT2D eigenvalue weighted by molar-refractivity contribution is -0.124. The Balaban J connectivity index is 1.80. The summed E-state index contributed by atoms with van der Waals surface area (Å²) in [5.41, 5.74) is 0. The molecule has 0 unspecified atom stereocenters. The van der Waals surface area contributed by atoms with E-state index in [0.717, 1.165) is 13.1 Å². The molecule has 1 fully saturated rings. The Morgan fingerprint density at radius 3 is 2.62 bits per heavy atom. The summed E-state index contributed by atoms with van der Waals surface area (Å²) < 4.78 is 7.29. The summed E-state index contributed by atoms with van der Waals surface area (Å²) in [6.07, 6.45) is 3.46. The van der Waals surface area contributed by atoms with Crippen LogP contribution in [0.1, 0.15) is 33.7 Å². The van der Waals surface area contributed by atoms with Gasteiger partial charge in [0.1, 0.15) is 18.7 Å². The number of rotatable bonds is 5. The minimum atomic E-state index is -0.345. The third-order valence-corrected chi connectivity index (χ3v) is 3.86. The van der Waals surface area contributed by atoms with E-state index in [1.807, 2.05) is 6.92 Å². The lowest BCUT2D eigenvalue weighted by atomic mass is 10.1. The molecule has 118 valence electrons. The highest BCUT2D eigenvalue weighted by atomic mass is 16.5. The number of amides is 1. The number of nitrogens with one attached hydrogen (secondary N) is 1. The highest BCUT2D eigenvalue weighted by Gasteiger charge is 2.26. The third-order valence-electron chi connectivity index (χ3n) is 3.86. The second-order valence-corrected chi connectivity index (χ2v) is 5.86. The molecule has 1 N–H and O–H groups in total. The van der Waals surface area contributed by atoms with Crippen molar-refractivity contribution in [2.24, 2.45) is 0 Å². The van der Waals surface area contributed by atoms with Crippen molar-refractivity contribution in [2.75, 3.05) is 19.6 Å². The van der Waals surface area contributed by atoms with Crippen molar-refractivity contribution in [1.29, 1.82) is 0 Å². The number of hydrogen-bond donors (Lipinski definition) is 1. The summed E-state index contributed by atoms with van der Waals surface area (Å²) in [7, 11) is 0. The van der Waals surface area contributed by atoms with E-state index in [1.54, 1.807) is 11.0 Å². The lowest BCUT2D eigenvalue weighted by Crippen LogP contribution is -2.52. The minimum Gasteiger partial charge on any atom is -0.373 e. The van der Waals surface area contributed by atoms with Crippen LogP contribution in [-0.2, 0) is 9.53 Å². The minimum absolute atomic E-state index is 0.0401. The molecule has 1 aromatic rings. The van der Waals surface area contributed by atoms with Crippen LogP contribution in [0.15, 0.2) is 12.7 Å². The first-order chi connectivity index (χ1) is 9.97. The smallest absolute Gasteiger partial charge is 0.244 e. The topological polar surface area (TPSA) is 72.3 Å². The summed E-state index contributed by atoms with van der Waals surface area (Å²) in [5, 5.41) is 6.98. The van der Waals surface area contributed by atoms with E-state index in [-0.39, 0.29) is 30.2 Å².